The summed E-state index contributed by atoms with van der Waals surface area (Å²) in [7, 11) is 0. The molecule has 1 fully saturated rings. The summed E-state index contributed by atoms with van der Waals surface area (Å²) < 4.78 is 1.08. The van der Waals surface area contributed by atoms with E-state index >= 15 is 0 Å². The summed E-state index contributed by atoms with van der Waals surface area (Å²) in [5.41, 5.74) is 4.57. The van der Waals surface area contributed by atoms with Gasteiger partial charge in [0.2, 0.25) is 0 Å². The molecule has 0 radical (unpaired) electrons. The molecule has 1 aliphatic rings. The molecule has 4 rings (SSSR count). The van der Waals surface area contributed by atoms with Crippen molar-refractivity contribution in [2.24, 2.45) is 0 Å². The van der Waals surface area contributed by atoms with Crippen molar-refractivity contribution in [3.63, 3.8) is 0 Å². The Kier molecular flexibility index (Phi) is 4.59. The standard InChI is InChI=1S/C21H20N4S/c1-3-15-8-11-25(12-9-15)17-7-10-22-20(14-17)24-21-23-18-6-5-16(4-2)13-19(18)26-21/h2-3,5-7,10,13-14H,8-9,11-12H2,1H3,(H,22,23,24). The van der Waals surface area contributed by atoms with E-state index in [4.69, 9.17) is 6.42 Å². The van der Waals surface area contributed by atoms with E-state index in [1.807, 2.05) is 24.4 Å². The summed E-state index contributed by atoms with van der Waals surface area (Å²) in [6.07, 6.45) is 11.8. The Morgan fingerprint density at radius 2 is 2.08 bits per heavy atom. The molecule has 0 bridgehead atoms. The maximum atomic E-state index is 5.48. The van der Waals surface area contributed by atoms with Crippen LogP contribution >= 0.6 is 11.3 Å². The number of aromatic nitrogens is 2. The average Bonchev–Trinajstić information content (AvgIpc) is 3.09. The lowest BCUT2D eigenvalue weighted by Crippen LogP contribution is -2.30. The van der Waals surface area contributed by atoms with Crippen LogP contribution in [0.1, 0.15) is 25.3 Å². The third-order valence-corrected chi connectivity index (χ3v) is 5.65. The predicted octanol–water partition coefficient (Wildman–Crippen LogP) is 4.96. The van der Waals surface area contributed by atoms with E-state index in [2.05, 4.69) is 51.2 Å². The Labute approximate surface area is 157 Å². The monoisotopic (exact) mass is 360 g/mol. The van der Waals surface area contributed by atoms with E-state index in [1.54, 1.807) is 16.9 Å². The third-order valence-electron chi connectivity index (χ3n) is 4.71. The number of thiazole rings is 1. The van der Waals surface area contributed by atoms with Gasteiger partial charge in [-0.05, 0) is 44.0 Å². The van der Waals surface area contributed by atoms with Gasteiger partial charge in [-0.3, -0.25) is 0 Å². The summed E-state index contributed by atoms with van der Waals surface area (Å²) in [6.45, 7) is 4.24. The van der Waals surface area contributed by atoms with Gasteiger partial charge >= 0.3 is 0 Å². The number of pyridine rings is 1. The fraction of sp³-hybridized carbons (Fsp3) is 0.238. The molecule has 5 heteroatoms. The van der Waals surface area contributed by atoms with Gasteiger partial charge in [0.05, 0.1) is 10.2 Å². The number of benzene rings is 1. The first kappa shape index (κ1) is 16.6. The van der Waals surface area contributed by atoms with Crippen LogP contribution in [0.5, 0.6) is 0 Å². The number of anilines is 3. The number of hydrogen-bond acceptors (Lipinski definition) is 5. The number of rotatable bonds is 3. The molecule has 0 atom stereocenters. The van der Waals surface area contributed by atoms with Gasteiger partial charge < -0.3 is 10.2 Å². The maximum absolute atomic E-state index is 5.48. The lowest BCUT2D eigenvalue weighted by molar-refractivity contribution is 0.683. The summed E-state index contributed by atoms with van der Waals surface area (Å²) in [4.78, 5) is 11.5. The van der Waals surface area contributed by atoms with Gasteiger partial charge in [-0.1, -0.05) is 28.9 Å². The number of piperidine rings is 1. The number of nitrogens with zero attached hydrogens (tertiary/aromatic N) is 3. The molecule has 1 aromatic carbocycles. The molecule has 3 heterocycles. The number of nitrogens with one attached hydrogen (secondary N) is 1. The van der Waals surface area contributed by atoms with E-state index in [9.17, 15) is 0 Å². The number of terminal acetylenes is 1. The Morgan fingerprint density at radius 1 is 1.23 bits per heavy atom. The Bertz CT molecular complexity index is 1000. The van der Waals surface area contributed by atoms with Gasteiger partial charge in [-0.25, -0.2) is 9.97 Å². The molecule has 26 heavy (non-hydrogen) atoms. The molecule has 0 unspecified atom stereocenters. The summed E-state index contributed by atoms with van der Waals surface area (Å²) in [5, 5.41) is 4.16. The van der Waals surface area contributed by atoms with Crippen LogP contribution in [0.15, 0.2) is 48.2 Å². The molecule has 3 aromatic rings. The molecule has 1 saturated heterocycles. The van der Waals surface area contributed by atoms with Gasteiger partial charge in [-0.15, -0.1) is 6.42 Å². The van der Waals surface area contributed by atoms with Crippen LogP contribution in [0.3, 0.4) is 0 Å². The average molecular weight is 360 g/mol. The summed E-state index contributed by atoms with van der Waals surface area (Å²) >= 11 is 1.59. The van der Waals surface area contributed by atoms with Crippen LogP contribution in [-0.4, -0.2) is 23.1 Å². The van der Waals surface area contributed by atoms with Crippen molar-refractivity contribution in [1.82, 2.24) is 9.97 Å². The second kappa shape index (κ2) is 7.19. The molecule has 0 saturated carbocycles. The first-order valence-corrected chi connectivity index (χ1v) is 9.56. The van der Waals surface area contributed by atoms with Crippen molar-refractivity contribution in [2.45, 2.75) is 19.8 Å². The van der Waals surface area contributed by atoms with Gasteiger partial charge in [0, 0.05) is 36.6 Å². The van der Waals surface area contributed by atoms with E-state index in [0.29, 0.717) is 0 Å². The minimum atomic E-state index is 0.815. The number of hydrogen-bond donors (Lipinski definition) is 1. The first-order chi connectivity index (χ1) is 12.7. The van der Waals surface area contributed by atoms with Crippen LogP contribution in [0, 0.1) is 12.3 Å². The SMILES string of the molecule is C#Cc1ccc2nc(Nc3cc(N4CCC(=CC)CC4)ccn3)sc2c1. The lowest BCUT2D eigenvalue weighted by Gasteiger charge is -2.30. The van der Waals surface area contributed by atoms with Gasteiger partial charge in [-0.2, -0.15) is 0 Å². The fourth-order valence-electron chi connectivity index (χ4n) is 3.20. The molecule has 4 nitrogen and oxygen atoms in total. The molecule has 130 valence electrons. The number of allylic oxidation sites excluding steroid dienone is 1. The molecule has 0 spiro atoms. The highest BCUT2D eigenvalue weighted by atomic mass is 32.1. The zero-order chi connectivity index (χ0) is 17.9. The normalized spacial score (nSPS) is 14.3. The Balaban J connectivity index is 1.53. The van der Waals surface area contributed by atoms with Crippen molar-refractivity contribution in [1.29, 1.82) is 0 Å². The quantitative estimate of drug-likeness (QED) is 0.529. The third kappa shape index (κ3) is 3.42. The summed E-state index contributed by atoms with van der Waals surface area (Å²) in [6, 6.07) is 10.0. The van der Waals surface area contributed by atoms with Crippen LogP contribution in [0.2, 0.25) is 0 Å². The minimum absolute atomic E-state index is 0.815. The van der Waals surface area contributed by atoms with Crippen molar-refractivity contribution in [3.8, 4) is 12.3 Å². The maximum Gasteiger partial charge on any atom is 0.189 e. The highest BCUT2D eigenvalue weighted by Gasteiger charge is 2.14. The highest BCUT2D eigenvalue weighted by Crippen LogP contribution is 2.30. The topological polar surface area (TPSA) is 41.1 Å². The Hall–Kier alpha value is -2.84. The van der Waals surface area contributed by atoms with E-state index in [1.165, 1.54) is 5.69 Å². The molecule has 0 aliphatic carbocycles. The zero-order valence-electron chi connectivity index (χ0n) is 14.7. The lowest BCUT2D eigenvalue weighted by atomic mass is 10.0. The van der Waals surface area contributed by atoms with Crippen molar-refractivity contribution >= 4 is 38.2 Å². The second-order valence-corrected chi connectivity index (χ2v) is 7.33. The summed E-state index contributed by atoms with van der Waals surface area (Å²) in [5.74, 6) is 3.48. The van der Waals surface area contributed by atoms with Crippen molar-refractivity contribution < 1.29 is 0 Å². The molecule has 2 aromatic heterocycles. The Morgan fingerprint density at radius 3 is 2.85 bits per heavy atom. The van der Waals surface area contributed by atoms with Gasteiger partial charge in [0.15, 0.2) is 5.13 Å². The van der Waals surface area contributed by atoms with Gasteiger partial charge in [0.1, 0.15) is 5.82 Å². The fourth-order valence-corrected chi connectivity index (χ4v) is 4.11. The largest absolute Gasteiger partial charge is 0.371 e. The van der Waals surface area contributed by atoms with E-state index < -0.39 is 0 Å². The van der Waals surface area contributed by atoms with Gasteiger partial charge in [0.25, 0.3) is 0 Å². The van der Waals surface area contributed by atoms with Crippen molar-refractivity contribution in [3.05, 3.63) is 53.7 Å². The first-order valence-electron chi connectivity index (χ1n) is 8.74. The van der Waals surface area contributed by atoms with Crippen LogP contribution in [-0.2, 0) is 0 Å². The predicted molar refractivity (Wildman–Crippen MR) is 110 cm³/mol. The molecule has 1 aliphatic heterocycles. The second-order valence-electron chi connectivity index (χ2n) is 6.30. The van der Waals surface area contributed by atoms with E-state index in [-0.39, 0.29) is 0 Å². The van der Waals surface area contributed by atoms with E-state index in [0.717, 1.165) is 52.7 Å². The molecular formula is C21H20N4S. The number of fused-ring (bicyclic) bond motifs is 1. The minimum Gasteiger partial charge on any atom is -0.371 e. The molecular weight excluding hydrogens is 340 g/mol. The highest BCUT2D eigenvalue weighted by molar-refractivity contribution is 7.22. The van der Waals surface area contributed by atoms with Crippen LogP contribution in [0.4, 0.5) is 16.6 Å². The molecule has 0 amide bonds. The smallest absolute Gasteiger partial charge is 0.189 e. The van der Waals surface area contributed by atoms with Crippen molar-refractivity contribution in [2.75, 3.05) is 23.3 Å². The van der Waals surface area contributed by atoms with Crippen LogP contribution in [0.25, 0.3) is 10.2 Å². The van der Waals surface area contributed by atoms with Crippen LogP contribution < -0.4 is 10.2 Å². The zero-order valence-corrected chi connectivity index (χ0v) is 15.5. The molecule has 1 N–H and O–H groups in total.